The Morgan fingerprint density at radius 2 is 1.66 bits per heavy atom. The number of phenolic OH excluding ortho intramolecular Hbond substituents is 1. The summed E-state index contributed by atoms with van der Waals surface area (Å²) in [6, 6.07) is 31.0. The largest absolute Gasteiger partial charge is 0.508 e. The standard InChI is InChI=1S/C55H65N3O8S/c1-2-37-32-50(67(62,63)64)49-31-42-28-41(30-47-27-36(34-59)12-9-13-40-29-45(60)20-23-48(40)52(42)65-47)51(49)39-14-18-43(19-15-39)55(58-53(56)57,66-46-21-16-38(37)17-22-46)33-44(26-35-10-5-3-6-11-35)54(61)24-7-4-8-25-54/h3,5-6,10-11,14-23,29,31,36-37,41,44,47,49-52,59-61H,2,4,7-8,12,24-28,30,32-34H2,1H3,(H4,56,57,58)(H,62,63,64)/t36-,37+,41+,44+,47-,49-,50-,51+,52-,55-/m1/s1. The van der Waals surface area contributed by atoms with Gasteiger partial charge in [-0.2, -0.15) is 8.42 Å². The van der Waals surface area contributed by atoms with Crippen molar-refractivity contribution in [2.24, 2.45) is 40.1 Å². The summed E-state index contributed by atoms with van der Waals surface area (Å²) in [5.74, 6) is 5.05. The molecule has 67 heavy (non-hydrogen) atoms. The summed E-state index contributed by atoms with van der Waals surface area (Å²) in [4.78, 5) is 4.99. The van der Waals surface area contributed by atoms with Gasteiger partial charge in [0.25, 0.3) is 10.1 Å². The van der Waals surface area contributed by atoms with Crippen LogP contribution in [0, 0.1) is 35.5 Å². The van der Waals surface area contributed by atoms with Crippen molar-refractivity contribution in [2.75, 3.05) is 6.61 Å². The van der Waals surface area contributed by atoms with Gasteiger partial charge in [-0.05, 0) is 127 Å². The van der Waals surface area contributed by atoms with Crippen LogP contribution in [0.15, 0.2) is 114 Å². The third-order valence-corrected chi connectivity index (χ3v) is 17.0. The smallest absolute Gasteiger partial charge is 0.268 e. The van der Waals surface area contributed by atoms with Crippen LogP contribution in [0.5, 0.6) is 11.5 Å². The number of aliphatic imine (C=N–C) groups is 1. The van der Waals surface area contributed by atoms with Crippen LogP contribution in [-0.2, 0) is 27.0 Å². The number of benzene rings is 4. The molecule has 0 radical (unpaired) electrons. The Balaban J connectivity index is 1.23. The number of hydrogen-bond acceptors (Lipinski definition) is 8. The molecule has 4 aromatic carbocycles. The predicted octanol–water partition coefficient (Wildman–Crippen LogP) is 8.93. The third-order valence-electron chi connectivity index (χ3n) is 15.7. The lowest BCUT2D eigenvalue weighted by molar-refractivity contribution is -0.0789. The average Bonchev–Trinajstić information content (AvgIpc) is 3.44. The molecule has 354 valence electrons. The fourth-order valence-corrected chi connectivity index (χ4v) is 13.5. The molecule has 12 rings (SSSR count). The maximum absolute atomic E-state index is 14.1. The number of hydrogen-bond donors (Lipinski definition) is 6. The number of rotatable bonds is 9. The molecule has 12 heteroatoms. The Hall–Kier alpha value is -5.16. The number of ether oxygens (including phenoxy) is 2. The van der Waals surface area contributed by atoms with Gasteiger partial charge in [-0.15, -0.1) is 0 Å². The van der Waals surface area contributed by atoms with Crippen LogP contribution in [0.3, 0.4) is 0 Å². The van der Waals surface area contributed by atoms with E-state index in [1.54, 1.807) is 12.1 Å². The van der Waals surface area contributed by atoms with E-state index < -0.39 is 38.7 Å². The predicted molar refractivity (Wildman–Crippen MR) is 260 cm³/mol. The highest BCUT2D eigenvalue weighted by Gasteiger charge is 2.49. The lowest BCUT2D eigenvalue weighted by Gasteiger charge is -2.44. The van der Waals surface area contributed by atoms with Gasteiger partial charge in [0.05, 0.1) is 17.0 Å². The molecule has 6 aliphatic heterocycles. The van der Waals surface area contributed by atoms with E-state index in [0.717, 1.165) is 47.1 Å². The van der Waals surface area contributed by atoms with Crippen molar-refractivity contribution >= 4 is 16.1 Å². The Morgan fingerprint density at radius 3 is 2.34 bits per heavy atom. The Morgan fingerprint density at radius 1 is 0.925 bits per heavy atom. The fraction of sp³-hybridized carbons (Fsp3) is 0.473. The molecule has 2 fully saturated rings. The second-order valence-electron chi connectivity index (χ2n) is 20.0. The zero-order chi connectivity index (χ0) is 46.9. The number of nitrogens with two attached hydrogens (primary N) is 2. The lowest BCUT2D eigenvalue weighted by atomic mass is 9.65. The summed E-state index contributed by atoms with van der Waals surface area (Å²) in [5, 5.41) is 32.6. The number of aliphatic hydroxyl groups excluding tert-OH is 1. The molecule has 0 amide bonds. The molecule has 6 heterocycles. The van der Waals surface area contributed by atoms with Gasteiger partial charge in [0.15, 0.2) is 5.96 Å². The van der Waals surface area contributed by atoms with E-state index in [4.69, 9.17) is 25.9 Å². The fourth-order valence-electron chi connectivity index (χ4n) is 12.4. The van der Waals surface area contributed by atoms with Gasteiger partial charge in [-0.25, -0.2) is 4.99 Å². The number of aliphatic hydroxyl groups is 2. The number of guanidine groups is 1. The highest BCUT2D eigenvalue weighted by Crippen LogP contribution is 2.54. The van der Waals surface area contributed by atoms with E-state index in [0.29, 0.717) is 68.2 Å². The van der Waals surface area contributed by atoms with Crippen molar-refractivity contribution < 1.29 is 37.8 Å². The van der Waals surface area contributed by atoms with Crippen LogP contribution in [0.25, 0.3) is 0 Å². The number of allylic oxidation sites excluding steroid dienone is 1. The van der Waals surface area contributed by atoms with E-state index in [1.807, 2.05) is 79.7 Å². The number of phenols is 1. The molecule has 8 aliphatic rings. The van der Waals surface area contributed by atoms with Gasteiger partial charge < -0.3 is 36.3 Å². The Labute approximate surface area is 395 Å². The first kappa shape index (κ1) is 46.9. The van der Waals surface area contributed by atoms with Gasteiger partial charge in [0.2, 0.25) is 5.72 Å². The normalized spacial score (nSPS) is 29.4. The average molecular weight is 928 g/mol. The van der Waals surface area contributed by atoms with Gasteiger partial charge in [0.1, 0.15) is 17.6 Å². The van der Waals surface area contributed by atoms with Crippen LogP contribution in [-0.4, -0.2) is 57.8 Å². The molecule has 11 nitrogen and oxygen atoms in total. The molecular weight excluding hydrogens is 863 g/mol. The second kappa shape index (κ2) is 19.4. The van der Waals surface area contributed by atoms with Crippen molar-refractivity contribution in [3.63, 3.8) is 0 Å². The van der Waals surface area contributed by atoms with Crippen LogP contribution in [0.4, 0.5) is 0 Å². The molecule has 8 N–H and O–H groups in total. The molecule has 10 atom stereocenters. The van der Waals surface area contributed by atoms with E-state index in [2.05, 4.69) is 30.0 Å². The van der Waals surface area contributed by atoms with Crippen molar-refractivity contribution in [3.05, 3.63) is 142 Å². The molecule has 0 spiro atoms. The minimum absolute atomic E-state index is 0.0691. The quantitative estimate of drug-likeness (QED) is 0.0310. The van der Waals surface area contributed by atoms with E-state index in [-0.39, 0.29) is 66.9 Å². The first-order valence-electron chi connectivity index (χ1n) is 24.3. The van der Waals surface area contributed by atoms with Crippen LogP contribution < -0.4 is 16.2 Å². The van der Waals surface area contributed by atoms with E-state index in [9.17, 15) is 28.3 Å². The molecule has 2 aliphatic carbocycles. The third kappa shape index (κ3) is 10.0. The van der Waals surface area contributed by atoms with E-state index >= 15 is 0 Å². The molecule has 1 saturated heterocycles. The summed E-state index contributed by atoms with van der Waals surface area (Å²) < 4.78 is 53.9. The molecule has 8 bridgehead atoms. The first-order chi connectivity index (χ1) is 32.2. The second-order valence-corrected chi connectivity index (χ2v) is 21.6. The highest BCUT2D eigenvalue weighted by molar-refractivity contribution is 7.86. The zero-order valence-electron chi connectivity index (χ0n) is 38.3. The SMILES string of the molecule is CC[C@H]1C[C@@H](S(=O)(=O)O)[C@H]2C=C3C[C@@H](C[C@H]4C[C@H](CO)CC#Cc5cc(O)ccc5[C@@H]3O4)[C@@H]2c2ccc(cc2)[C@](C[C@H](Cc2ccccc2)C2(O)CCCCC2)(N=C(N)N)Oc2ccc1cc2. The summed E-state index contributed by atoms with van der Waals surface area (Å²) >= 11 is 0. The van der Waals surface area contributed by atoms with Crippen LogP contribution >= 0.6 is 0 Å². The molecule has 0 aromatic heterocycles. The molecule has 4 aromatic rings. The van der Waals surface area contributed by atoms with Crippen molar-refractivity contribution in [3.8, 4) is 23.3 Å². The van der Waals surface area contributed by atoms with Crippen LogP contribution in [0.2, 0.25) is 0 Å². The first-order valence-corrected chi connectivity index (χ1v) is 25.8. The van der Waals surface area contributed by atoms with Crippen molar-refractivity contribution in [1.29, 1.82) is 0 Å². The zero-order valence-corrected chi connectivity index (χ0v) is 39.2. The maximum atomic E-state index is 14.1. The van der Waals surface area contributed by atoms with Crippen molar-refractivity contribution in [1.82, 2.24) is 0 Å². The van der Waals surface area contributed by atoms with Crippen molar-refractivity contribution in [2.45, 2.75) is 131 Å². The summed E-state index contributed by atoms with van der Waals surface area (Å²) in [6.07, 6.45) is 9.12. The number of fused-ring (bicyclic) bond motifs is 7. The highest BCUT2D eigenvalue weighted by atomic mass is 32.2. The maximum Gasteiger partial charge on any atom is 0.268 e. The van der Waals surface area contributed by atoms with E-state index in [1.165, 1.54) is 0 Å². The lowest BCUT2D eigenvalue weighted by Crippen LogP contribution is -2.47. The summed E-state index contributed by atoms with van der Waals surface area (Å²) in [5.41, 5.74) is 16.2. The Bertz CT molecular complexity index is 2620. The Kier molecular flexibility index (Phi) is 13.6. The van der Waals surface area contributed by atoms with Gasteiger partial charge in [0, 0.05) is 42.1 Å². The van der Waals surface area contributed by atoms with Gasteiger partial charge >= 0.3 is 0 Å². The molecular formula is C55H65N3O8S. The minimum atomic E-state index is -4.65. The summed E-state index contributed by atoms with van der Waals surface area (Å²) in [6.45, 7) is 1.97. The van der Waals surface area contributed by atoms with Crippen LogP contribution in [0.1, 0.15) is 135 Å². The monoisotopic (exact) mass is 927 g/mol. The molecule has 0 unspecified atom stereocenters. The molecule has 1 saturated carbocycles. The summed E-state index contributed by atoms with van der Waals surface area (Å²) in [7, 11) is -4.65. The number of nitrogens with zero attached hydrogens (tertiary/aromatic N) is 1. The van der Waals surface area contributed by atoms with Gasteiger partial charge in [-0.1, -0.05) is 117 Å². The number of aromatic hydroxyl groups is 1. The minimum Gasteiger partial charge on any atom is -0.508 e. The topological polar surface area (TPSA) is 198 Å². The van der Waals surface area contributed by atoms with Gasteiger partial charge in [-0.3, -0.25) is 4.55 Å².